The maximum Gasteiger partial charge on any atom is 0.420 e. The lowest BCUT2D eigenvalue weighted by atomic mass is 10.1. The van der Waals surface area contributed by atoms with Gasteiger partial charge in [0.15, 0.2) is 5.75 Å². The molecule has 0 bridgehead atoms. The van der Waals surface area contributed by atoms with Crippen LogP contribution in [0.4, 0.5) is 13.2 Å². The molecule has 0 amide bonds. The summed E-state index contributed by atoms with van der Waals surface area (Å²) < 4.78 is 43.3. The minimum Gasteiger partial charge on any atom is -0.488 e. The minimum atomic E-state index is -4.78. The number of ether oxygens (including phenoxy) is 1. The monoisotopic (exact) mass is 247 g/mol. The van der Waals surface area contributed by atoms with E-state index >= 15 is 0 Å². The standard InChI is InChI=1S/C10H8F3NO3/c11-10(12,13)8-6(9(15)16)3-14-4-7(8)17-5-1-2-5/h3-5H,1-2H2,(H,15,16). The van der Waals surface area contributed by atoms with Gasteiger partial charge in [0.1, 0.15) is 5.56 Å². The van der Waals surface area contributed by atoms with Gasteiger partial charge in [0.25, 0.3) is 0 Å². The van der Waals surface area contributed by atoms with Crippen molar-refractivity contribution >= 4 is 5.97 Å². The number of alkyl halides is 3. The Hall–Kier alpha value is -1.79. The lowest BCUT2D eigenvalue weighted by molar-refractivity contribution is -0.139. The van der Waals surface area contributed by atoms with Gasteiger partial charge >= 0.3 is 12.1 Å². The average molecular weight is 247 g/mol. The molecule has 0 radical (unpaired) electrons. The van der Waals surface area contributed by atoms with Crippen molar-refractivity contribution in [3.8, 4) is 5.75 Å². The molecule has 0 aliphatic heterocycles. The second-order valence-corrected chi connectivity index (χ2v) is 3.68. The molecule has 7 heteroatoms. The first kappa shape index (κ1) is 11.7. The molecule has 0 unspecified atom stereocenters. The fourth-order valence-electron chi connectivity index (χ4n) is 1.35. The number of aromatic carboxylic acids is 1. The number of hydrogen-bond acceptors (Lipinski definition) is 3. The fraction of sp³-hybridized carbons (Fsp3) is 0.400. The molecule has 2 rings (SSSR count). The smallest absolute Gasteiger partial charge is 0.420 e. The third kappa shape index (κ3) is 2.48. The summed E-state index contributed by atoms with van der Waals surface area (Å²) in [5.74, 6) is -2.19. The normalized spacial score (nSPS) is 15.7. The van der Waals surface area contributed by atoms with E-state index in [-0.39, 0.29) is 6.10 Å². The quantitative estimate of drug-likeness (QED) is 0.890. The molecule has 1 aromatic heterocycles. The number of nitrogens with zero attached hydrogens (tertiary/aromatic N) is 1. The van der Waals surface area contributed by atoms with Crippen LogP contribution in [0.3, 0.4) is 0 Å². The van der Waals surface area contributed by atoms with E-state index in [1.54, 1.807) is 0 Å². The summed E-state index contributed by atoms with van der Waals surface area (Å²) in [4.78, 5) is 14.2. The predicted molar refractivity (Wildman–Crippen MR) is 49.8 cm³/mol. The number of halogens is 3. The van der Waals surface area contributed by atoms with Gasteiger partial charge in [-0.05, 0) is 12.8 Å². The van der Waals surface area contributed by atoms with Crippen LogP contribution in [0.1, 0.15) is 28.8 Å². The number of rotatable bonds is 3. The summed E-state index contributed by atoms with van der Waals surface area (Å²) in [6.45, 7) is 0. The van der Waals surface area contributed by atoms with Gasteiger partial charge in [-0.15, -0.1) is 0 Å². The summed E-state index contributed by atoms with van der Waals surface area (Å²) in [6.07, 6.45) is -2.12. The zero-order valence-electron chi connectivity index (χ0n) is 8.49. The van der Waals surface area contributed by atoms with Gasteiger partial charge in [-0.3, -0.25) is 4.98 Å². The molecular weight excluding hydrogens is 239 g/mol. The summed E-state index contributed by atoms with van der Waals surface area (Å²) in [6, 6.07) is 0. The summed E-state index contributed by atoms with van der Waals surface area (Å²) in [5.41, 5.74) is -2.16. The molecule has 0 aromatic carbocycles. The molecule has 1 aromatic rings. The molecule has 1 aliphatic carbocycles. The van der Waals surface area contributed by atoms with Gasteiger partial charge in [0.2, 0.25) is 0 Å². The molecular formula is C10H8F3NO3. The molecule has 4 nitrogen and oxygen atoms in total. The number of carboxylic acid groups (broad SMARTS) is 1. The molecule has 1 heterocycles. The second kappa shape index (κ2) is 3.90. The molecule has 1 aliphatic rings. The number of pyridine rings is 1. The van der Waals surface area contributed by atoms with Crippen LogP contribution in [0.15, 0.2) is 12.4 Å². The first-order valence-electron chi connectivity index (χ1n) is 4.84. The first-order valence-corrected chi connectivity index (χ1v) is 4.84. The zero-order valence-corrected chi connectivity index (χ0v) is 8.49. The molecule has 1 fully saturated rings. The number of aromatic nitrogens is 1. The van der Waals surface area contributed by atoms with Crippen LogP contribution in [-0.2, 0) is 6.18 Å². The summed E-state index contributed by atoms with van der Waals surface area (Å²) in [7, 11) is 0. The molecule has 1 N–H and O–H groups in total. The summed E-state index contributed by atoms with van der Waals surface area (Å²) in [5, 5.41) is 8.71. The number of carbonyl (C=O) groups is 1. The Morgan fingerprint density at radius 1 is 1.41 bits per heavy atom. The van der Waals surface area contributed by atoms with E-state index in [0.717, 1.165) is 6.20 Å². The molecule has 1 saturated carbocycles. The fourth-order valence-corrected chi connectivity index (χ4v) is 1.35. The number of carboxylic acids is 1. The third-order valence-corrected chi connectivity index (χ3v) is 2.24. The highest BCUT2D eigenvalue weighted by Crippen LogP contribution is 2.40. The zero-order chi connectivity index (χ0) is 12.6. The highest BCUT2D eigenvalue weighted by atomic mass is 19.4. The van der Waals surface area contributed by atoms with Crippen molar-refractivity contribution in [1.29, 1.82) is 0 Å². The van der Waals surface area contributed by atoms with Crippen LogP contribution in [-0.4, -0.2) is 22.2 Å². The molecule has 0 atom stereocenters. The maximum absolute atomic E-state index is 12.8. The van der Waals surface area contributed by atoms with Crippen molar-refractivity contribution in [1.82, 2.24) is 4.98 Å². The Morgan fingerprint density at radius 2 is 2.06 bits per heavy atom. The largest absolute Gasteiger partial charge is 0.488 e. The lowest BCUT2D eigenvalue weighted by Crippen LogP contribution is -2.16. The van der Waals surface area contributed by atoms with Crippen molar-refractivity contribution in [3.05, 3.63) is 23.5 Å². The first-order chi connectivity index (χ1) is 7.89. The van der Waals surface area contributed by atoms with E-state index in [4.69, 9.17) is 9.84 Å². The Bertz CT molecular complexity index is 455. The second-order valence-electron chi connectivity index (χ2n) is 3.68. The van der Waals surface area contributed by atoms with Gasteiger partial charge in [0, 0.05) is 6.20 Å². The highest BCUT2D eigenvalue weighted by molar-refractivity contribution is 5.90. The van der Waals surface area contributed by atoms with Crippen LogP contribution in [0.25, 0.3) is 0 Å². The van der Waals surface area contributed by atoms with E-state index in [1.165, 1.54) is 0 Å². The van der Waals surface area contributed by atoms with Crippen molar-refractivity contribution in [3.63, 3.8) is 0 Å². The minimum absolute atomic E-state index is 0.262. The van der Waals surface area contributed by atoms with Crippen molar-refractivity contribution in [2.75, 3.05) is 0 Å². The van der Waals surface area contributed by atoms with Gasteiger partial charge in [-0.2, -0.15) is 13.2 Å². The highest BCUT2D eigenvalue weighted by Gasteiger charge is 2.40. The van der Waals surface area contributed by atoms with Crippen LogP contribution in [0, 0.1) is 0 Å². The Balaban J connectivity index is 2.49. The van der Waals surface area contributed by atoms with Crippen molar-refractivity contribution in [2.24, 2.45) is 0 Å². The average Bonchev–Trinajstić information content (AvgIpc) is 2.99. The van der Waals surface area contributed by atoms with Gasteiger partial charge in [0.05, 0.1) is 17.9 Å². The van der Waals surface area contributed by atoms with Crippen LogP contribution in [0.5, 0.6) is 5.75 Å². The Morgan fingerprint density at radius 3 is 2.53 bits per heavy atom. The third-order valence-electron chi connectivity index (χ3n) is 2.24. The molecule has 17 heavy (non-hydrogen) atoms. The van der Waals surface area contributed by atoms with E-state index in [0.29, 0.717) is 19.0 Å². The summed E-state index contributed by atoms with van der Waals surface area (Å²) >= 11 is 0. The van der Waals surface area contributed by atoms with Crippen molar-refractivity contribution in [2.45, 2.75) is 25.1 Å². The predicted octanol–water partition coefficient (Wildman–Crippen LogP) is 2.34. The van der Waals surface area contributed by atoms with E-state index in [1.807, 2.05) is 0 Å². The van der Waals surface area contributed by atoms with Gasteiger partial charge < -0.3 is 9.84 Å². The molecule has 92 valence electrons. The molecule has 0 spiro atoms. The van der Waals surface area contributed by atoms with Gasteiger partial charge in [-0.25, -0.2) is 4.79 Å². The van der Waals surface area contributed by atoms with Gasteiger partial charge in [-0.1, -0.05) is 0 Å². The molecule has 0 saturated heterocycles. The van der Waals surface area contributed by atoms with E-state index in [9.17, 15) is 18.0 Å². The van der Waals surface area contributed by atoms with Crippen LogP contribution >= 0.6 is 0 Å². The van der Waals surface area contributed by atoms with Crippen LogP contribution in [0.2, 0.25) is 0 Å². The maximum atomic E-state index is 12.8. The van der Waals surface area contributed by atoms with Crippen LogP contribution < -0.4 is 4.74 Å². The lowest BCUT2D eigenvalue weighted by Gasteiger charge is -2.15. The topological polar surface area (TPSA) is 59.4 Å². The SMILES string of the molecule is O=C(O)c1cncc(OC2CC2)c1C(F)(F)F. The Kier molecular flexibility index (Phi) is 2.68. The van der Waals surface area contributed by atoms with Crippen molar-refractivity contribution < 1.29 is 27.8 Å². The number of hydrogen-bond donors (Lipinski definition) is 1. The van der Waals surface area contributed by atoms with E-state index in [2.05, 4.69) is 4.98 Å². The Labute approximate surface area is 94.0 Å². The van der Waals surface area contributed by atoms with E-state index < -0.39 is 29.0 Å².